The van der Waals surface area contributed by atoms with Gasteiger partial charge in [0, 0.05) is 24.8 Å². The normalized spacial score (nSPS) is 21.9. The van der Waals surface area contributed by atoms with Crippen LogP contribution in [0.2, 0.25) is 0 Å². The van der Waals surface area contributed by atoms with Crippen LogP contribution in [-0.2, 0) is 4.74 Å². The molecule has 1 amide bonds. The van der Waals surface area contributed by atoms with Crippen LogP contribution in [0.1, 0.15) is 45.2 Å². The molecule has 0 saturated carbocycles. The maximum Gasteiger partial charge on any atom is 0.407 e. The molecule has 0 spiro atoms. The number of alkyl carbamates (subject to hydrolysis) is 1. The third kappa shape index (κ3) is 5.15. The number of carbonyl (C=O) groups is 1. The molecule has 0 radical (unpaired) electrons. The zero-order chi connectivity index (χ0) is 17.2. The van der Waals surface area contributed by atoms with Gasteiger partial charge in [-0.15, -0.1) is 0 Å². The lowest BCUT2D eigenvalue weighted by molar-refractivity contribution is 0.0495. The first kappa shape index (κ1) is 17.6. The van der Waals surface area contributed by atoms with Crippen molar-refractivity contribution in [3.8, 4) is 0 Å². The topological polar surface area (TPSA) is 41.6 Å². The van der Waals surface area contributed by atoms with Gasteiger partial charge in [0.25, 0.3) is 0 Å². The summed E-state index contributed by atoms with van der Waals surface area (Å²) in [6.07, 6.45) is 0.664. The Labute approximate surface area is 140 Å². The molecular formula is C19H30N2O2. The molecule has 4 nitrogen and oxygen atoms in total. The minimum Gasteiger partial charge on any atom is -0.444 e. The number of nitrogens with one attached hydrogen (secondary N) is 1. The van der Waals surface area contributed by atoms with Crippen LogP contribution in [0.25, 0.3) is 0 Å². The number of benzene rings is 1. The van der Waals surface area contributed by atoms with E-state index in [2.05, 4.69) is 49.2 Å². The van der Waals surface area contributed by atoms with Gasteiger partial charge in [0.1, 0.15) is 5.60 Å². The fourth-order valence-corrected chi connectivity index (χ4v) is 3.06. The van der Waals surface area contributed by atoms with Gasteiger partial charge in [-0.05, 0) is 70.2 Å². The minimum absolute atomic E-state index is 0.121. The van der Waals surface area contributed by atoms with Crippen LogP contribution in [0.4, 0.5) is 10.5 Å². The Kier molecular flexibility index (Phi) is 5.23. The van der Waals surface area contributed by atoms with Crippen molar-refractivity contribution in [1.29, 1.82) is 0 Å². The monoisotopic (exact) mass is 318 g/mol. The van der Waals surface area contributed by atoms with E-state index < -0.39 is 5.60 Å². The Hall–Kier alpha value is -1.71. The van der Waals surface area contributed by atoms with Crippen LogP contribution in [0.5, 0.6) is 0 Å². The van der Waals surface area contributed by atoms with Crippen molar-refractivity contribution in [2.75, 3.05) is 18.0 Å². The summed E-state index contributed by atoms with van der Waals surface area (Å²) < 4.78 is 5.38. The van der Waals surface area contributed by atoms with Gasteiger partial charge < -0.3 is 15.0 Å². The lowest BCUT2D eigenvalue weighted by Crippen LogP contribution is -2.51. The van der Waals surface area contributed by atoms with Gasteiger partial charge in [0.2, 0.25) is 0 Å². The first-order valence-corrected chi connectivity index (χ1v) is 8.46. The molecule has 0 aromatic heterocycles. The number of hydrogen-bond acceptors (Lipinski definition) is 3. The van der Waals surface area contributed by atoms with E-state index in [1.54, 1.807) is 0 Å². The standard InChI is InChI=1S/C19H30N2O2/c1-13-9-16(20-18(22)23-19(4,5)6)12-21(11-13)17-8-7-14(2)15(3)10-17/h7-8,10,13,16H,9,11-12H2,1-6H3,(H,20,22). The van der Waals surface area contributed by atoms with Crippen molar-refractivity contribution in [1.82, 2.24) is 5.32 Å². The number of aryl methyl sites for hydroxylation is 2. The molecule has 2 unspecified atom stereocenters. The Morgan fingerprint density at radius 3 is 2.52 bits per heavy atom. The van der Waals surface area contributed by atoms with Crippen molar-refractivity contribution >= 4 is 11.8 Å². The first-order valence-electron chi connectivity index (χ1n) is 8.46. The van der Waals surface area contributed by atoms with E-state index in [4.69, 9.17) is 4.74 Å². The second-order valence-electron chi connectivity index (χ2n) is 7.86. The van der Waals surface area contributed by atoms with Crippen LogP contribution in [0.3, 0.4) is 0 Å². The smallest absolute Gasteiger partial charge is 0.407 e. The Balaban J connectivity index is 2.04. The highest BCUT2D eigenvalue weighted by atomic mass is 16.6. The molecule has 2 atom stereocenters. The maximum absolute atomic E-state index is 12.0. The quantitative estimate of drug-likeness (QED) is 0.894. The third-order valence-corrected chi connectivity index (χ3v) is 4.24. The summed E-state index contributed by atoms with van der Waals surface area (Å²) in [4.78, 5) is 14.4. The van der Waals surface area contributed by atoms with E-state index in [0.29, 0.717) is 5.92 Å². The lowest BCUT2D eigenvalue weighted by atomic mass is 9.95. The summed E-state index contributed by atoms with van der Waals surface area (Å²) >= 11 is 0. The molecule has 1 fully saturated rings. The molecule has 1 aromatic carbocycles. The fraction of sp³-hybridized carbons (Fsp3) is 0.632. The molecule has 0 bridgehead atoms. The summed E-state index contributed by atoms with van der Waals surface area (Å²) in [6, 6.07) is 6.69. The van der Waals surface area contributed by atoms with Gasteiger partial charge in [-0.3, -0.25) is 0 Å². The summed E-state index contributed by atoms with van der Waals surface area (Å²) in [7, 11) is 0. The third-order valence-electron chi connectivity index (χ3n) is 4.24. The predicted octanol–water partition coefficient (Wildman–Crippen LogP) is 4.04. The highest BCUT2D eigenvalue weighted by Crippen LogP contribution is 2.25. The van der Waals surface area contributed by atoms with Gasteiger partial charge >= 0.3 is 6.09 Å². The molecule has 1 aromatic rings. The molecule has 4 heteroatoms. The summed E-state index contributed by atoms with van der Waals surface area (Å²) in [5.74, 6) is 0.533. The van der Waals surface area contributed by atoms with Crippen molar-refractivity contribution in [2.24, 2.45) is 5.92 Å². The number of anilines is 1. The number of piperidine rings is 1. The first-order chi connectivity index (χ1) is 10.6. The largest absolute Gasteiger partial charge is 0.444 e. The molecular weight excluding hydrogens is 288 g/mol. The van der Waals surface area contributed by atoms with Crippen LogP contribution < -0.4 is 10.2 Å². The molecule has 1 aliphatic heterocycles. The molecule has 2 rings (SSSR count). The number of carbonyl (C=O) groups excluding carboxylic acids is 1. The number of amides is 1. The predicted molar refractivity (Wildman–Crippen MR) is 95.1 cm³/mol. The SMILES string of the molecule is Cc1ccc(N2CC(C)CC(NC(=O)OC(C)(C)C)C2)cc1C. The van der Waals surface area contributed by atoms with E-state index in [1.807, 2.05) is 20.8 Å². The van der Waals surface area contributed by atoms with Gasteiger partial charge in [0.15, 0.2) is 0 Å². The molecule has 1 aliphatic rings. The number of hydrogen-bond donors (Lipinski definition) is 1. The summed E-state index contributed by atoms with van der Waals surface area (Å²) in [5, 5.41) is 3.03. The van der Waals surface area contributed by atoms with Gasteiger partial charge in [-0.2, -0.15) is 0 Å². The number of ether oxygens (including phenoxy) is 1. The molecule has 128 valence electrons. The zero-order valence-corrected chi connectivity index (χ0v) is 15.3. The van der Waals surface area contributed by atoms with E-state index in [-0.39, 0.29) is 12.1 Å². The van der Waals surface area contributed by atoms with Crippen LogP contribution in [0.15, 0.2) is 18.2 Å². The maximum atomic E-state index is 12.0. The molecule has 1 heterocycles. The molecule has 23 heavy (non-hydrogen) atoms. The molecule has 1 saturated heterocycles. The Bertz CT molecular complexity index is 563. The summed E-state index contributed by atoms with van der Waals surface area (Å²) in [5.41, 5.74) is 3.38. The van der Waals surface area contributed by atoms with Crippen molar-refractivity contribution in [2.45, 2.75) is 59.6 Å². The average molecular weight is 318 g/mol. The Morgan fingerprint density at radius 1 is 1.22 bits per heavy atom. The van der Waals surface area contributed by atoms with E-state index in [0.717, 1.165) is 19.5 Å². The van der Waals surface area contributed by atoms with Crippen molar-refractivity contribution in [3.05, 3.63) is 29.3 Å². The number of rotatable bonds is 2. The second-order valence-corrected chi connectivity index (χ2v) is 7.86. The van der Waals surface area contributed by atoms with Crippen LogP contribution >= 0.6 is 0 Å². The number of nitrogens with zero attached hydrogens (tertiary/aromatic N) is 1. The average Bonchev–Trinajstić information content (AvgIpc) is 2.38. The highest BCUT2D eigenvalue weighted by Gasteiger charge is 2.27. The minimum atomic E-state index is -0.460. The van der Waals surface area contributed by atoms with E-state index >= 15 is 0 Å². The zero-order valence-electron chi connectivity index (χ0n) is 15.3. The van der Waals surface area contributed by atoms with Crippen LogP contribution in [0, 0.1) is 19.8 Å². The van der Waals surface area contributed by atoms with E-state index in [1.165, 1.54) is 16.8 Å². The molecule has 1 N–H and O–H groups in total. The molecule has 0 aliphatic carbocycles. The van der Waals surface area contributed by atoms with Crippen LogP contribution in [-0.4, -0.2) is 30.8 Å². The van der Waals surface area contributed by atoms with Crippen molar-refractivity contribution in [3.63, 3.8) is 0 Å². The van der Waals surface area contributed by atoms with Gasteiger partial charge in [-0.25, -0.2) is 4.79 Å². The fourth-order valence-electron chi connectivity index (χ4n) is 3.06. The van der Waals surface area contributed by atoms with E-state index in [9.17, 15) is 4.79 Å². The van der Waals surface area contributed by atoms with Gasteiger partial charge in [-0.1, -0.05) is 13.0 Å². The Morgan fingerprint density at radius 2 is 1.91 bits per heavy atom. The highest BCUT2D eigenvalue weighted by molar-refractivity contribution is 5.68. The summed E-state index contributed by atoms with van der Waals surface area (Å²) in [6.45, 7) is 14.0. The van der Waals surface area contributed by atoms with Crippen molar-refractivity contribution < 1.29 is 9.53 Å². The lowest BCUT2D eigenvalue weighted by Gasteiger charge is -2.38. The second kappa shape index (κ2) is 6.81. The van der Waals surface area contributed by atoms with Gasteiger partial charge in [0.05, 0.1) is 0 Å².